The molecule has 188 valence electrons. The van der Waals surface area contributed by atoms with Crippen LogP contribution in [0.25, 0.3) is 16.8 Å². The highest BCUT2D eigenvalue weighted by Gasteiger charge is 2.45. The molecule has 2 aliphatic heterocycles. The third-order valence-corrected chi connectivity index (χ3v) is 7.80. The number of methoxy groups -OCH3 is 2. The van der Waals surface area contributed by atoms with Gasteiger partial charge in [-0.25, -0.2) is 4.52 Å². The van der Waals surface area contributed by atoms with Gasteiger partial charge in [-0.15, -0.1) is 11.8 Å². The SMILES string of the molecule is COc1cc(C)cc(OC)c1-c1cccc2c([N+](C)(CC3OCCO3)C3CCOC3)c(SC)nn12. The molecule has 8 nitrogen and oxygen atoms in total. The molecule has 9 heteroatoms. The van der Waals surface area contributed by atoms with Gasteiger partial charge in [-0.2, -0.15) is 5.10 Å². The Morgan fingerprint density at radius 1 is 1.11 bits per heavy atom. The van der Waals surface area contributed by atoms with Crippen LogP contribution < -0.4 is 14.0 Å². The van der Waals surface area contributed by atoms with Crippen molar-refractivity contribution in [3.8, 4) is 22.8 Å². The van der Waals surface area contributed by atoms with Crippen molar-refractivity contribution in [2.45, 2.75) is 30.7 Å². The van der Waals surface area contributed by atoms with Crippen LogP contribution in [0, 0.1) is 6.92 Å². The molecule has 2 saturated heterocycles. The molecule has 1 aromatic carbocycles. The number of benzene rings is 1. The lowest BCUT2D eigenvalue weighted by Crippen LogP contribution is -2.58. The summed E-state index contributed by atoms with van der Waals surface area (Å²) in [6.45, 7) is 5.47. The van der Waals surface area contributed by atoms with Crippen LogP contribution in [0.3, 0.4) is 0 Å². The van der Waals surface area contributed by atoms with Crippen molar-refractivity contribution < 1.29 is 23.7 Å². The predicted octanol–water partition coefficient (Wildman–Crippen LogP) is 4.15. The lowest BCUT2D eigenvalue weighted by Gasteiger charge is -2.39. The van der Waals surface area contributed by atoms with Gasteiger partial charge in [-0.05, 0) is 43.0 Å². The van der Waals surface area contributed by atoms with Crippen molar-refractivity contribution >= 4 is 23.0 Å². The molecule has 0 N–H and O–H groups in total. The first kappa shape index (κ1) is 24.4. The molecule has 0 amide bonds. The fourth-order valence-electron chi connectivity index (χ4n) is 5.36. The molecule has 2 atom stereocenters. The fraction of sp³-hybridized carbons (Fsp3) is 0.500. The van der Waals surface area contributed by atoms with Crippen LogP contribution in [0.5, 0.6) is 11.5 Å². The third-order valence-electron chi connectivity index (χ3n) is 7.14. The Kier molecular flexibility index (Phi) is 6.96. The lowest BCUT2D eigenvalue weighted by molar-refractivity contribution is -0.0625. The van der Waals surface area contributed by atoms with E-state index in [9.17, 15) is 0 Å². The number of quaternary nitrogens is 1. The summed E-state index contributed by atoms with van der Waals surface area (Å²) in [6, 6.07) is 10.6. The van der Waals surface area contributed by atoms with E-state index in [-0.39, 0.29) is 12.3 Å². The molecule has 3 aromatic rings. The molecule has 0 bridgehead atoms. The zero-order valence-corrected chi connectivity index (χ0v) is 21.9. The smallest absolute Gasteiger partial charge is 0.208 e. The van der Waals surface area contributed by atoms with Crippen LogP contribution in [0.4, 0.5) is 5.69 Å². The zero-order valence-electron chi connectivity index (χ0n) is 21.1. The highest BCUT2D eigenvalue weighted by atomic mass is 32.2. The topological polar surface area (TPSA) is 63.5 Å². The Labute approximate surface area is 210 Å². The molecule has 0 radical (unpaired) electrons. The Balaban J connectivity index is 1.73. The Morgan fingerprint density at radius 3 is 2.43 bits per heavy atom. The molecule has 0 saturated carbocycles. The lowest BCUT2D eigenvalue weighted by atomic mass is 10.0. The zero-order chi connectivity index (χ0) is 24.6. The number of likely N-dealkylation sites (N-methyl/N-ethyl adjacent to an activating group) is 1. The normalized spacial score (nSPS) is 20.4. The van der Waals surface area contributed by atoms with Gasteiger partial charge in [0, 0.05) is 6.42 Å². The molecule has 2 unspecified atom stereocenters. The number of aromatic nitrogens is 2. The van der Waals surface area contributed by atoms with Gasteiger partial charge in [0.05, 0.1) is 59.0 Å². The highest BCUT2D eigenvalue weighted by Crippen LogP contribution is 2.44. The average molecular weight is 501 g/mol. The van der Waals surface area contributed by atoms with E-state index in [2.05, 4.69) is 31.5 Å². The number of hydrogen-bond acceptors (Lipinski definition) is 7. The van der Waals surface area contributed by atoms with Crippen LogP contribution in [0.2, 0.25) is 0 Å². The molecule has 2 aromatic heterocycles. The van der Waals surface area contributed by atoms with E-state index in [0.29, 0.717) is 30.8 Å². The molecule has 2 fully saturated rings. The summed E-state index contributed by atoms with van der Waals surface area (Å²) in [7, 11) is 5.64. The van der Waals surface area contributed by atoms with Crippen molar-refractivity contribution in [3.05, 3.63) is 35.9 Å². The van der Waals surface area contributed by atoms with E-state index < -0.39 is 0 Å². The fourth-order valence-corrected chi connectivity index (χ4v) is 6.02. The number of ether oxygens (including phenoxy) is 5. The van der Waals surface area contributed by atoms with E-state index in [1.54, 1.807) is 26.0 Å². The summed E-state index contributed by atoms with van der Waals surface area (Å²) < 4.78 is 31.9. The van der Waals surface area contributed by atoms with Crippen molar-refractivity contribution in [2.24, 2.45) is 0 Å². The number of hydrogen-bond donors (Lipinski definition) is 0. The quantitative estimate of drug-likeness (QED) is 0.340. The van der Waals surface area contributed by atoms with Gasteiger partial charge in [0.2, 0.25) is 6.29 Å². The second-order valence-electron chi connectivity index (χ2n) is 9.25. The average Bonchev–Trinajstić information content (AvgIpc) is 3.64. The molecule has 0 aliphatic carbocycles. The molecule has 0 spiro atoms. The number of rotatable bonds is 8. The number of thioether (sulfide) groups is 1. The monoisotopic (exact) mass is 500 g/mol. The van der Waals surface area contributed by atoms with Crippen LogP contribution >= 0.6 is 11.8 Å². The summed E-state index contributed by atoms with van der Waals surface area (Å²) in [5.74, 6) is 1.51. The largest absolute Gasteiger partial charge is 0.496 e. The molecule has 2 aliphatic rings. The van der Waals surface area contributed by atoms with Crippen molar-refractivity contribution in [1.82, 2.24) is 14.1 Å². The first-order chi connectivity index (χ1) is 17.0. The van der Waals surface area contributed by atoms with Crippen LogP contribution in [0.15, 0.2) is 35.4 Å². The first-order valence-corrected chi connectivity index (χ1v) is 13.2. The van der Waals surface area contributed by atoms with Gasteiger partial charge in [-0.1, -0.05) is 6.07 Å². The van der Waals surface area contributed by atoms with Crippen LogP contribution in [0.1, 0.15) is 12.0 Å². The molecular weight excluding hydrogens is 466 g/mol. The number of fused-ring (bicyclic) bond motifs is 1. The second-order valence-corrected chi connectivity index (χ2v) is 10.0. The summed E-state index contributed by atoms with van der Waals surface area (Å²) in [5.41, 5.74) is 5.08. The maximum atomic E-state index is 5.91. The van der Waals surface area contributed by atoms with E-state index in [1.165, 1.54) is 5.69 Å². The highest BCUT2D eigenvalue weighted by molar-refractivity contribution is 7.98. The summed E-state index contributed by atoms with van der Waals surface area (Å²) in [5, 5.41) is 6.10. The van der Waals surface area contributed by atoms with Gasteiger partial charge in [-0.3, -0.25) is 4.48 Å². The minimum Gasteiger partial charge on any atom is -0.496 e. The summed E-state index contributed by atoms with van der Waals surface area (Å²) in [6.07, 6.45) is 2.81. The Hall–Kier alpha value is -2.30. The van der Waals surface area contributed by atoms with E-state index in [1.807, 2.05) is 23.6 Å². The third kappa shape index (κ3) is 4.29. The summed E-state index contributed by atoms with van der Waals surface area (Å²) >= 11 is 1.66. The molecule has 4 heterocycles. The Bertz CT molecular complexity index is 1180. The maximum absolute atomic E-state index is 5.91. The first-order valence-electron chi connectivity index (χ1n) is 12.0. The molecular formula is C26H34N3O5S+. The molecule has 35 heavy (non-hydrogen) atoms. The minimum atomic E-state index is -0.245. The van der Waals surface area contributed by atoms with E-state index >= 15 is 0 Å². The second kappa shape index (κ2) is 9.99. The Morgan fingerprint density at radius 2 is 1.83 bits per heavy atom. The van der Waals surface area contributed by atoms with Gasteiger partial charge < -0.3 is 23.7 Å². The van der Waals surface area contributed by atoms with Gasteiger partial charge in [0.25, 0.3) is 0 Å². The number of aryl methyl sites for hydroxylation is 1. The van der Waals surface area contributed by atoms with E-state index in [0.717, 1.165) is 51.9 Å². The predicted molar refractivity (Wildman–Crippen MR) is 138 cm³/mol. The maximum Gasteiger partial charge on any atom is 0.208 e. The van der Waals surface area contributed by atoms with Crippen molar-refractivity contribution in [3.63, 3.8) is 0 Å². The molecule has 5 rings (SSSR count). The van der Waals surface area contributed by atoms with Gasteiger partial charge in [0.15, 0.2) is 10.7 Å². The van der Waals surface area contributed by atoms with Gasteiger partial charge >= 0.3 is 0 Å². The summed E-state index contributed by atoms with van der Waals surface area (Å²) in [4.78, 5) is 0. The van der Waals surface area contributed by atoms with Crippen molar-refractivity contribution in [1.29, 1.82) is 0 Å². The van der Waals surface area contributed by atoms with E-state index in [4.69, 9.17) is 28.8 Å². The standard InChI is InChI=1S/C26H34N3O5S/c1-17-13-21(30-3)24(22(14-17)31-4)19-7-6-8-20-25(26(35-5)27-28(19)20)29(2,18-9-10-32-16-18)15-23-33-11-12-34-23/h6-8,13-14,18,23H,9-12,15-16H2,1-5H3/q+1. The number of nitrogens with zero attached hydrogens (tertiary/aromatic N) is 3. The van der Waals surface area contributed by atoms with Crippen LogP contribution in [-0.2, 0) is 14.2 Å². The van der Waals surface area contributed by atoms with Gasteiger partial charge in [0.1, 0.15) is 29.6 Å². The van der Waals surface area contributed by atoms with Crippen molar-refractivity contribution in [2.75, 3.05) is 60.5 Å². The minimum absolute atomic E-state index is 0.245. The van der Waals surface area contributed by atoms with Crippen LogP contribution in [-0.4, -0.2) is 82.4 Å². The number of pyridine rings is 1.